The van der Waals surface area contributed by atoms with Crippen LogP contribution in [0.4, 0.5) is 11.4 Å². The molecule has 7 heteroatoms. The molecule has 1 fully saturated rings. The average molecular weight is 509 g/mol. The SMILES string of the molecule is CCNC(=NCCCNc1ccccc1)N1CCN(c2ccccc2O)CC1.I. The second-order valence-electron chi connectivity index (χ2n) is 6.84. The van der Waals surface area contributed by atoms with Gasteiger partial charge in [0.15, 0.2) is 5.96 Å². The number of benzene rings is 2. The lowest BCUT2D eigenvalue weighted by Crippen LogP contribution is -2.52. The molecule has 6 nitrogen and oxygen atoms in total. The van der Waals surface area contributed by atoms with Gasteiger partial charge in [0.1, 0.15) is 5.75 Å². The fraction of sp³-hybridized carbons (Fsp3) is 0.409. The van der Waals surface area contributed by atoms with Gasteiger partial charge in [0, 0.05) is 51.5 Å². The molecule has 0 aliphatic carbocycles. The molecule has 0 saturated carbocycles. The Morgan fingerprint density at radius 3 is 2.38 bits per heavy atom. The third kappa shape index (κ3) is 6.99. The summed E-state index contributed by atoms with van der Waals surface area (Å²) in [5.74, 6) is 1.33. The molecular weight excluding hydrogens is 477 g/mol. The van der Waals surface area contributed by atoms with Crippen molar-refractivity contribution in [2.24, 2.45) is 4.99 Å². The molecule has 29 heavy (non-hydrogen) atoms. The first-order chi connectivity index (χ1) is 13.8. The number of hydrogen-bond acceptors (Lipinski definition) is 4. The maximum absolute atomic E-state index is 10.1. The highest BCUT2D eigenvalue weighted by Crippen LogP contribution is 2.27. The lowest BCUT2D eigenvalue weighted by molar-refractivity contribution is 0.370. The van der Waals surface area contributed by atoms with E-state index >= 15 is 0 Å². The number of hydrogen-bond donors (Lipinski definition) is 3. The van der Waals surface area contributed by atoms with Crippen LogP contribution in [0.3, 0.4) is 0 Å². The summed E-state index contributed by atoms with van der Waals surface area (Å²) in [6.07, 6.45) is 0.988. The molecule has 0 radical (unpaired) electrons. The third-order valence-corrected chi connectivity index (χ3v) is 4.84. The quantitative estimate of drug-likeness (QED) is 0.231. The minimum atomic E-state index is 0. The van der Waals surface area contributed by atoms with E-state index in [1.807, 2.05) is 36.4 Å². The number of piperazine rings is 1. The predicted octanol–water partition coefficient (Wildman–Crippen LogP) is 3.60. The van der Waals surface area contributed by atoms with Crippen LogP contribution in [-0.4, -0.2) is 61.8 Å². The number of nitrogens with one attached hydrogen (secondary N) is 2. The number of nitrogens with zero attached hydrogens (tertiary/aromatic N) is 3. The van der Waals surface area contributed by atoms with Crippen molar-refractivity contribution >= 4 is 41.3 Å². The van der Waals surface area contributed by atoms with Gasteiger partial charge in [-0.2, -0.15) is 0 Å². The van der Waals surface area contributed by atoms with E-state index in [1.54, 1.807) is 6.07 Å². The summed E-state index contributed by atoms with van der Waals surface area (Å²) < 4.78 is 0. The van der Waals surface area contributed by atoms with Crippen molar-refractivity contribution in [3.8, 4) is 5.75 Å². The van der Waals surface area contributed by atoms with E-state index < -0.39 is 0 Å². The Hall–Kier alpha value is -2.16. The Kier molecular flexibility index (Phi) is 9.90. The molecule has 2 aromatic carbocycles. The van der Waals surface area contributed by atoms with Crippen LogP contribution in [0.2, 0.25) is 0 Å². The zero-order valence-corrected chi connectivity index (χ0v) is 19.4. The number of anilines is 2. The van der Waals surface area contributed by atoms with Gasteiger partial charge in [-0.25, -0.2) is 0 Å². The van der Waals surface area contributed by atoms with Crippen molar-refractivity contribution in [2.45, 2.75) is 13.3 Å². The molecule has 1 saturated heterocycles. The number of aliphatic imine (C=N–C) groups is 1. The summed E-state index contributed by atoms with van der Waals surface area (Å²) in [6.45, 7) is 8.20. The van der Waals surface area contributed by atoms with Gasteiger partial charge in [0.25, 0.3) is 0 Å². The monoisotopic (exact) mass is 509 g/mol. The van der Waals surface area contributed by atoms with Gasteiger partial charge < -0.3 is 25.5 Å². The smallest absolute Gasteiger partial charge is 0.194 e. The van der Waals surface area contributed by atoms with Gasteiger partial charge in [-0.1, -0.05) is 30.3 Å². The van der Waals surface area contributed by atoms with Crippen LogP contribution in [-0.2, 0) is 0 Å². The van der Waals surface area contributed by atoms with Crippen molar-refractivity contribution < 1.29 is 5.11 Å². The summed E-state index contributed by atoms with van der Waals surface area (Å²) in [6, 6.07) is 17.8. The Morgan fingerprint density at radius 2 is 1.69 bits per heavy atom. The summed E-state index contributed by atoms with van der Waals surface area (Å²) in [7, 11) is 0. The minimum Gasteiger partial charge on any atom is -0.506 e. The zero-order chi connectivity index (χ0) is 19.6. The summed E-state index contributed by atoms with van der Waals surface area (Å²) >= 11 is 0. The maximum Gasteiger partial charge on any atom is 0.194 e. The van der Waals surface area contributed by atoms with Gasteiger partial charge in [-0.3, -0.25) is 4.99 Å². The normalized spacial score (nSPS) is 14.3. The van der Waals surface area contributed by atoms with Gasteiger partial charge in [-0.15, -0.1) is 24.0 Å². The van der Waals surface area contributed by atoms with Crippen LogP contribution >= 0.6 is 24.0 Å². The number of guanidine groups is 1. The first-order valence-electron chi connectivity index (χ1n) is 10.1. The first-order valence-corrected chi connectivity index (χ1v) is 10.1. The molecule has 3 rings (SSSR count). The van der Waals surface area contributed by atoms with Gasteiger partial charge in [0.05, 0.1) is 5.69 Å². The van der Waals surface area contributed by atoms with Crippen LogP contribution < -0.4 is 15.5 Å². The predicted molar refractivity (Wildman–Crippen MR) is 133 cm³/mol. The highest BCUT2D eigenvalue weighted by Gasteiger charge is 2.21. The number of phenols is 1. The van der Waals surface area contributed by atoms with Crippen LogP contribution in [0.25, 0.3) is 0 Å². The van der Waals surface area contributed by atoms with E-state index in [4.69, 9.17) is 4.99 Å². The van der Waals surface area contributed by atoms with Crippen molar-refractivity contribution in [2.75, 3.05) is 56.0 Å². The lowest BCUT2D eigenvalue weighted by Gasteiger charge is -2.37. The topological polar surface area (TPSA) is 63.1 Å². The number of phenolic OH excluding ortho intramolecular Hbond substituents is 1. The van der Waals surface area contributed by atoms with Crippen molar-refractivity contribution in [3.63, 3.8) is 0 Å². The maximum atomic E-state index is 10.1. The number of para-hydroxylation sites is 3. The van der Waals surface area contributed by atoms with E-state index in [0.717, 1.165) is 69.6 Å². The molecule has 1 heterocycles. The molecule has 158 valence electrons. The number of rotatable bonds is 7. The van der Waals surface area contributed by atoms with E-state index in [2.05, 4.69) is 39.5 Å². The van der Waals surface area contributed by atoms with E-state index in [9.17, 15) is 5.11 Å². The molecule has 0 amide bonds. The van der Waals surface area contributed by atoms with Crippen LogP contribution in [0, 0.1) is 0 Å². The van der Waals surface area contributed by atoms with E-state index in [0.29, 0.717) is 5.75 Å². The Morgan fingerprint density at radius 1 is 1.00 bits per heavy atom. The van der Waals surface area contributed by atoms with Crippen LogP contribution in [0.1, 0.15) is 13.3 Å². The first kappa shape index (κ1) is 23.1. The molecular formula is C22H32IN5O. The van der Waals surface area contributed by atoms with Crippen molar-refractivity contribution in [1.29, 1.82) is 0 Å². The molecule has 1 aliphatic heterocycles. The highest BCUT2D eigenvalue weighted by atomic mass is 127. The molecule has 0 atom stereocenters. The zero-order valence-electron chi connectivity index (χ0n) is 17.1. The number of halogens is 1. The molecule has 0 spiro atoms. The standard InChI is InChI=1S/C22H31N5O.HI/c1-2-23-22(25-14-8-13-24-19-9-4-3-5-10-19)27-17-15-26(16-18-27)20-11-6-7-12-21(20)28;/h3-7,9-12,24,28H,2,8,13-18H2,1H3,(H,23,25);1H. The molecule has 2 aromatic rings. The fourth-order valence-electron chi connectivity index (χ4n) is 3.37. The minimum absolute atomic E-state index is 0. The van der Waals surface area contributed by atoms with E-state index in [1.165, 1.54) is 0 Å². The van der Waals surface area contributed by atoms with Crippen molar-refractivity contribution in [1.82, 2.24) is 10.2 Å². The second kappa shape index (κ2) is 12.4. The highest BCUT2D eigenvalue weighted by molar-refractivity contribution is 14.0. The fourth-order valence-corrected chi connectivity index (χ4v) is 3.37. The Bertz CT molecular complexity index is 748. The average Bonchev–Trinajstić information content (AvgIpc) is 2.74. The van der Waals surface area contributed by atoms with Crippen LogP contribution in [0.5, 0.6) is 5.75 Å². The molecule has 0 bridgehead atoms. The summed E-state index contributed by atoms with van der Waals surface area (Å²) in [5.41, 5.74) is 2.06. The largest absolute Gasteiger partial charge is 0.506 e. The van der Waals surface area contributed by atoms with Crippen LogP contribution in [0.15, 0.2) is 59.6 Å². The van der Waals surface area contributed by atoms with Gasteiger partial charge >= 0.3 is 0 Å². The molecule has 0 unspecified atom stereocenters. The Balaban J connectivity index is 0.00000300. The molecule has 0 aromatic heterocycles. The van der Waals surface area contributed by atoms with Gasteiger partial charge in [0.2, 0.25) is 0 Å². The second-order valence-corrected chi connectivity index (χ2v) is 6.84. The third-order valence-electron chi connectivity index (χ3n) is 4.84. The molecule has 1 aliphatic rings. The lowest BCUT2D eigenvalue weighted by atomic mass is 10.2. The summed E-state index contributed by atoms with van der Waals surface area (Å²) in [4.78, 5) is 9.35. The summed E-state index contributed by atoms with van der Waals surface area (Å²) in [5, 5.41) is 16.9. The van der Waals surface area contributed by atoms with Crippen molar-refractivity contribution in [3.05, 3.63) is 54.6 Å². The van der Waals surface area contributed by atoms with Gasteiger partial charge in [-0.05, 0) is 37.6 Å². The number of aromatic hydroxyl groups is 1. The molecule has 3 N–H and O–H groups in total. The Labute approximate surface area is 191 Å². The van der Waals surface area contributed by atoms with E-state index in [-0.39, 0.29) is 24.0 Å².